The van der Waals surface area contributed by atoms with E-state index in [4.69, 9.17) is 9.47 Å². The van der Waals surface area contributed by atoms with Gasteiger partial charge < -0.3 is 24.8 Å². The lowest BCUT2D eigenvalue weighted by molar-refractivity contribution is -0.0505. The Balaban J connectivity index is 0.00000280. The van der Waals surface area contributed by atoms with Crippen LogP contribution in [0.3, 0.4) is 0 Å². The van der Waals surface area contributed by atoms with Crippen LogP contribution in [0.15, 0.2) is 47.5 Å². The molecule has 0 radical (unpaired) electrons. The lowest BCUT2D eigenvalue weighted by atomic mass is 10.1. The minimum atomic E-state index is -2.92. The Hall–Kier alpha value is -2.30. The van der Waals surface area contributed by atoms with Gasteiger partial charge in [0.05, 0.1) is 0 Å². The molecule has 2 aromatic rings. The quantitative estimate of drug-likeness (QED) is 0.343. The van der Waals surface area contributed by atoms with Crippen LogP contribution in [-0.2, 0) is 13.0 Å². The van der Waals surface area contributed by atoms with Crippen molar-refractivity contribution in [3.05, 3.63) is 53.6 Å². The summed E-state index contributed by atoms with van der Waals surface area (Å²) in [6.07, 6.45) is 0.839. The number of alkyl halides is 2. The van der Waals surface area contributed by atoms with Crippen molar-refractivity contribution in [2.45, 2.75) is 19.6 Å². The summed E-state index contributed by atoms with van der Waals surface area (Å²) in [7, 11) is 1.65. The average molecular weight is 505 g/mol. The maximum atomic E-state index is 12.7. The van der Waals surface area contributed by atoms with Gasteiger partial charge in [-0.3, -0.25) is 4.99 Å². The lowest BCUT2D eigenvalue weighted by Gasteiger charge is -2.15. The maximum Gasteiger partial charge on any atom is 0.387 e. The summed E-state index contributed by atoms with van der Waals surface area (Å²) in [4.78, 5) is 4.15. The van der Waals surface area contributed by atoms with E-state index in [1.165, 1.54) is 11.6 Å². The molecule has 2 N–H and O–H groups in total. The van der Waals surface area contributed by atoms with Crippen LogP contribution in [0.2, 0.25) is 0 Å². The zero-order chi connectivity index (χ0) is 19.1. The number of ether oxygens (including phenoxy) is 3. The summed E-state index contributed by atoms with van der Waals surface area (Å²) in [5.74, 6) is 1.49. The van der Waals surface area contributed by atoms with Crippen LogP contribution in [-0.4, -0.2) is 33.0 Å². The van der Waals surface area contributed by atoms with Crippen molar-refractivity contribution in [3.8, 4) is 17.2 Å². The number of halogens is 3. The molecule has 0 amide bonds. The van der Waals surface area contributed by atoms with Crippen molar-refractivity contribution >= 4 is 29.9 Å². The highest BCUT2D eigenvalue weighted by molar-refractivity contribution is 14.0. The van der Waals surface area contributed by atoms with E-state index in [1.54, 1.807) is 13.1 Å². The minimum absolute atomic E-state index is 0. The second-order valence-electron chi connectivity index (χ2n) is 5.78. The van der Waals surface area contributed by atoms with Crippen LogP contribution in [0.5, 0.6) is 17.2 Å². The number of hydrogen-bond acceptors (Lipinski definition) is 4. The third kappa shape index (κ3) is 6.11. The molecule has 0 unspecified atom stereocenters. The Kier molecular flexibility index (Phi) is 8.55. The minimum Gasteiger partial charge on any atom is -0.454 e. The van der Waals surface area contributed by atoms with E-state index in [-0.39, 0.29) is 43.1 Å². The number of nitrogens with zero attached hydrogens (tertiary/aromatic N) is 1. The van der Waals surface area contributed by atoms with E-state index in [0.717, 1.165) is 6.42 Å². The van der Waals surface area contributed by atoms with Crippen molar-refractivity contribution in [2.75, 3.05) is 20.4 Å². The molecule has 1 aliphatic heterocycles. The van der Waals surface area contributed by atoms with E-state index in [0.29, 0.717) is 29.6 Å². The molecule has 0 saturated carbocycles. The van der Waals surface area contributed by atoms with E-state index in [9.17, 15) is 8.78 Å². The van der Waals surface area contributed by atoms with Gasteiger partial charge in [-0.05, 0) is 18.1 Å². The van der Waals surface area contributed by atoms with E-state index in [2.05, 4.69) is 32.5 Å². The first kappa shape index (κ1) is 22.0. The highest BCUT2D eigenvalue weighted by Gasteiger charge is 2.20. The number of fused-ring (bicyclic) bond motifs is 1. The zero-order valence-electron chi connectivity index (χ0n) is 15.3. The highest BCUT2D eigenvalue weighted by atomic mass is 127. The molecule has 0 spiro atoms. The Labute approximate surface area is 179 Å². The van der Waals surface area contributed by atoms with Crippen LogP contribution < -0.4 is 24.8 Å². The van der Waals surface area contributed by atoms with Crippen LogP contribution in [0.4, 0.5) is 8.78 Å². The van der Waals surface area contributed by atoms with Crippen molar-refractivity contribution in [1.29, 1.82) is 0 Å². The first-order valence-corrected chi connectivity index (χ1v) is 8.51. The van der Waals surface area contributed by atoms with Crippen LogP contribution in [0.25, 0.3) is 0 Å². The Morgan fingerprint density at radius 3 is 2.54 bits per heavy atom. The van der Waals surface area contributed by atoms with Crippen molar-refractivity contribution < 1.29 is 23.0 Å². The van der Waals surface area contributed by atoms with Gasteiger partial charge in [0, 0.05) is 31.8 Å². The molecule has 6 nitrogen and oxygen atoms in total. The normalized spacial score (nSPS) is 12.5. The Morgan fingerprint density at radius 1 is 1.14 bits per heavy atom. The monoisotopic (exact) mass is 505 g/mol. The maximum absolute atomic E-state index is 12.7. The molecule has 0 bridgehead atoms. The van der Waals surface area contributed by atoms with Gasteiger partial charge in [-0.1, -0.05) is 30.3 Å². The molecular weight excluding hydrogens is 483 g/mol. The van der Waals surface area contributed by atoms with Crippen LogP contribution >= 0.6 is 24.0 Å². The number of guanidine groups is 1. The Morgan fingerprint density at radius 2 is 1.86 bits per heavy atom. The molecule has 0 fully saturated rings. The summed E-state index contributed by atoms with van der Waals surface area (Å²) in [6.45, 7) is -1.94. The van der Waals surface area contributed by atoms with Gasteiger partial charge in [0.2, 0.25) is 6.79 Å². The third-order valence-electron chi connectivity index (χ3n) is 3.99. The zero-order valence-corrected chi connectivity index (χ0v) is 17.6. The molecule has 2 aromatic carbocycles. The van der Waals surface area contributed by atoms with Gasteiger partial charge in [-0.15, -0.1) is 24.0 Å². The predicted octanol–water partition coefficient (Wildman–Crippen LogP) is 3.54. The topological polar surface area (TPSA) is 64.1 Å². The first-order valence-electron chi connectivity index (χ1n) is 8.51. The third-order valence-corrected chi connectivity index (χ3v) is 3.99. The SMILES string of the molecule is CN=C(NCCc1ccccc1)NCc1cc2c(cc1OC(F)F)OCO2.I. The fourth-order valence-electron chi connectivity index (χ4n) is 2.68. The van der Waals surface area contributed by atoms with Crippen LogP contribution in [0.1, 0.15) is 11.1 Å². The van der Waals surface area contributed by atoms with Gasteiger partial charge in [0.25, 0.3) is 0 Å². The van der Waals surface area contributed by atoms with Gasteiger partial charge in [0.1, 0.15) is 5.75 Å². The average Bonchev–Trinajstić information content (AvgIpc) is 3.12. The van der Waals surface area contributed by atoms with Crippen molar-refractivity contribution in [1.82, 2.24) is 10.6 Å². The molecule has 0 aromatic heterocycles. The summed E-state index contributed by atoms with van der Waals surface area (Å²) >= 11 is 0. The highest BCUT2D eigenvalue weighted by Crippen LogP contribution is 2.38. The fourth-order valence-corrected chi connectivity index (χ4v) is 2.68. The molecule has 9 heteroatoms. The summed E-state index contributed by atoms with van der Waals surface area (Å²) in [5.41, 5.74) is 1.73. The molecule has 3 rings (SSSR count). The molecule has 28 heavy (non-hydrogen) atoms. The Bertz CT molecular complexity index is 791. The second-order valence-corrected chi connectivity index (χ2v) is 5.78. The first-order chi connectivity index (χ1) is 13.2. The summed E-state index contributed by atoms with van der Waals surface area (Å²) in [5, 5.41) is 6.29. The molecule has 152 valence electrons. The molecule has 1 aliphatic rings. The fraction of sp³-hybridized carbons (Fsp3) is 0.316. The number of benzene rings is 2. The summed E-state index contributed by atoms with van der Waals surface area (Å²) < 4.78 is 40.5. The van der Waals surface area contributed by atoms with E-state index in [1.807, 2.05) is 18.2 Å². The van der Waals surface area contributed by atoms with Crippen LogP contribution in [0, 0.1) is 0 Å². The molecule has 1 heterocycles. The lowest BCUT2D eigenvalue weighted by Crippen LogP contribution is -2.38. The van der Waals surface area contributed by atoms with E-state index < -0.39 is 6.61 Å². The van der Waals surface area contributed by atoms with Gasteiger partial charge >= 0.3 is 6.61 Å². The number of hydrogen-bond donors (Lipinski definition) is 2. The predicted molar refractivity (Wildman–Crippen MR) is 113 cm³/mol. The van der Waals surface area contributed by atoms with E-state index >= 15 is 0 Å². The molecule has 0 atom stereocenters. The second kappa shape index (κ2) is 10.9. The molecule has 0 aliphatic carbocycles. The van der Waals surface area contributed by atoms with Crippen molar-refractivity contribution in [3.63, 3.8) is 0 Å². The van der Waals surface area contributed by atoms with Gasteiger partial charge in [0.15, 0.2) is 17.5 Å². The standard InChI is InChI=1S/C19H21F2N3O3.HI/c1-22-19(23-8-7-13-5-3-2-4-6-13)24-11-14-9-16-17(26-12-25-16)10-15(14)27-18(20)21;/h2-6,9-10,18H,7-8,11-12H2,1H3,(H2,22,23,24);1H. The smallest absolute Gasteiger partial charge is 0.387 e. The van der Waals surface area contributed by atoms with Gasteiger partial charge in [-0.25, -0.2) is 0 Å². The number of aliphatic imine (C=N–C) groups is 1. The molecule has 0 saturated heterocycles. The number of nitrogens with one attached hydrogen (secondary N) is 2. The molecular formula is C19H22F2IN3O3. The largest absolute Gasteiger partial charge is 0.454 e. The number of rotatable bonds is 7. The van der Waals surface area contributed by atoms with Gasteiger partial charge in [-0.2, -0.15) is 8.78 Å². The van der Waals surface area contributed by atoms with Crippen molar-refractivity contribution in [2.24, 2.45) is 4.99 Å². The summed E-state index contributed by atoms with van der Waals surface area (Å²) in [6, 6.07) is 13.1.